The number of nitrogens with zero attached hydrogens (tertiary/aromatic N) is 4. The van der Waals surface area contributed by atoms with Gasteiger partial charge in [0.1, 0.15) is 5.69 Å². The van der Waals surface area contributed by atoms with E-state index in [0.717, 1.165) is 25.6 Å². The van der Waals surface area contributed by atoms with Gasteiger partial charge in [0.15, 0.2) is 0 Å². The highest BCUT2D eigenvalue weighted by Gasteiger charge is 2.27. The topological polar surface area (TPSA) is 92.8 Å². The molecular weight excluding hydrogens is 348 g/mol. The SMILES string of the molecule is CC1CCN(c2ccc([N+](=O)[O-])cc2[N+](=O)[O-])CCN1Cc1ccccc1. The molecule has 1 atom stereocenters. The Kier molecular flexibility index (Phi) is 5.66. The molecule has 27 heavy (non-hydrogen) atoms. The Morgan fingerprint density at radius 3 is 2.41 bits per heavy atom. The molecule has 142 valence electrons. The van der Waals surface area contributed by atoms with Crippen LogP contribution in [0.5, 0.6) is 0 Å². The number of hydrogen-bond donors (Lipinski definition) is 0. The van der Waals surface area contributed by atoms with Crippen LogP contribution in [0.1, 0.15) is 18.9 Å². The van der Waals surface area contributed by atoms with Crippen LogP contribution in [-0.2, 0) is 6.54 Å². The normalized spacial score (nSPS) is 18.1. The van der Waals surface area contributed by atoms with Crippen molar-refractivity contribution in [2.75, 3.05) is 24.5 Å². The van der Waals surface area contributed by atoms with Crippen molar-refractivity contribution in [1.29, 1.82) is 0 Å². The van der Waals surface area contributed by atoms with E-state index in [1.165, 1.54) is 17.7 Å². The van der Waals surface area contributed by atoms with Gasteiger partial charge in [0.05, 0.1) is 15.9 Å². The second-order valence-corrected chi connectivity index (χ2v) is 6.77. The third-order valence-electron chi connectivity index (χ3n) is 5.03. The molecule has 0 amide bonds. The summed E-state index contributed by atoms with van der Waals surface area (Å²) in [6.07, 6.45) is 0.862. The molecular formula is C19H22N4O4. The second-order valence-electron chi connectivity index (χ2n) is 6.77. The van der Waals surface area contributed by atoms with Crippen molar-refractivity contribution in [3.05, 3.63) is 74.3 Å². The summed E-state index contributed by atoms with van der Waals surface area (Å²) >= 11 is 0. The van der Waals surface area contributed by atoms with E-state index >= 15 is 0 Å². The predicted molar refractivity (Wildman–Crippen MR) is 103 cm³/mol. The van der Waals surface area contributed by atoms with E-state index in [-0.39, 0.29) is 11.4 Å². The fourth-order valence-corrected chi connectivity index (χ4v) is 3.44. The number of non-ortho nitro benzene ring substituents is 1. The summed E-state index contributed by atoms with van der Waals surface area (Å²) in [5.41, 5.74) is 1.20. The second kappa shape index (κ2) is 8.13. The molecule has 1 aliphatic heterocycles. The number of rotatable bonds is 5. The lowest BCUT2D eigenvalue weighted by Gasteiger charge is -2.26. The molecule has 8 heteroatoms. The molecule has 8 nitrogen and oxygen atoms in total. The molecule has 2 aromatic carbocycles. The molecule has 1 heterocycles. The first kappa shape index (κ1) is 18.8. The molecule has 0 aliphatic carbocycles. The Labute approximate surface area is 157 Å². The predicted octanol–water partition coefficient (Wildman–Crippen LogP) is 3.60. The quantitative estimate of drug-likeness (QED) is 0.590. The van der Waals surface area contributed by atoms with Gasteiger partial charge in [0.2, 0.25) is 0 Å². The maximum atomic E-state index is 11.4. The monoisotopic (exact) mass is 370 g/mol. The first-order valence-corrected chi connectivity index (χ1v) is 8.91. The lowest BCUT2D eigenvalue weighted by Crippen LogP contribution is -2.34. The minimum absolute atomic E-state index is 0.214. The number of nitro benzene ring substituents is 2. The average molecular weight is 370 g/mol. The maximum absolute atomic E-state index is 11.4. The number of hydrogen-bond acceptors (Lipinski definition) is 6. The summed E-state index contributed by atoms with van der Waals surface area (Å²) in [5.74, 6) is 0. The van der Waals surface area contributed by atoms with Gasteiger partial charge < -0.3 is 4.90 Å². The highest BCUT2D eigenvalue weighted by molar-refractivity contribution is 5.67. The minimum atomic E-state index is -0.608. The molecule has 0 bridgehead atoms. The first-order chi connectivity index (χ1) is 13.0. The number of benzene rings is 2. The van der Waals surface area contributed by atoms with Crippen molar-refractivity contribution >= 4 is 17.1 Å². The van der Waals surface area contributed by atoms with E-state index in [1.54, 1.807) is 0 Å². The molecule has 0 aromatic heterocycles. The summed E-state index contributed by atoms with van der Waals surface area (Å²) in [7, 11) is 0. The Morgan fingerprint density at radius 2 is 1.74 bits per heavy atom. The van der Waals surface area contributed by atoms with E-state index in [1.807, 2.05) is 23.1 Å². The van der Waals surface area contributed by atoms with Gasteiger partial charge >= 0.3 is 0 Å². The van der Waals surface area contributed by atoms with Gasteiger partial charge in [0, 0.05) is 38.3 Å². The fraction of sp³-hybridized carbons (Fsp3) is 0.368. The Balaban J connectivity index is 1.79. The largest absolute Gasteiger partial charge is 0.365 e. The van der Waals surface area contributed by atoms with Crippen LogP contribution >= 0.6 is 0 Å². The summed E-state index contributed by atoms with van der Waals surface area (Å²) in [6.45, 7) is 5.07. The zero-order valence-corrected chi connectivity index (χ0v) is 15.2. The molecule has 0 radical (unpaired) electrons. The van der Waals surface area contributed by atoms with Gasteiger partial charge in [-0.05, 0) is 25.0 Å². The Hall–Kier alpha value is -3.00. The molecule has 2 aromatic rings. The molecule has 1 aliphatic rings. The van der Waals surface area contributed by atoms with Crippen molar-refractivity contribution < 1.29 is 9.85 Å². The van der Waals surface area contributed by atoms with Gasteiger partial charge in [-0.2, -0.15) is 0 Å². The highest BCUT2D eigenvalue weighted by atomic mass is 16.6. The van der Waals surface area contributed by atoms with Crippen LogP contribution in [0.2, 0.25) is 0 Å². The van der Waals surface area contributed by atoms with Crippen molar-refractivity contribution in [2.24, 2.45) is 0 Å². The van der Waals surface area contributed by atoms with Gasteiger partial charge in [-0.15, -0.1) is 0 Å². The molecule has 0 saturated carbocycles. The van der Waals surface area contributed by atoms with E-state index < -0.39 is 9.85 Å². The number of anilines is 1. The van der Waals surface area contributed by atoms with Crippen LogP contribution in [-0.4, -0.2) is 40.4 Å². The molecule has 1 unspecified atom stereocenters. The molecule has 1 saturated heterocycles. The third-order valence-corrected chi connectivity index (χ3v) is 5.03. The summed E-state index contributed by atoms with van der Waals surface area (Å²) in [6, 6.07) is 14.4. The molecule has 3 rings (SSSR count). The lowest BCUT2D eigenvalue weighted by molar-refractivity contribution is -0.393. The van der Waals surface area contributed by atoms with Crippen molar-refractivity contribution in [3.8, 4) is 0 Å². The molecule has 1 fully saturated rings. The number of nitro groups is 2. The fourth-order valence-electron chi connectivity index (χ4n) is 3.44. The standard InChI is InChI=1S/C19H22N4O4/c1-15-9-10-20(11-12-21(15)14-16-5-3-2-4-6-16)18-8-7-17(22(24)25)13-19(18)23(26)27/h2-8,13,15H,9-12,14H2,1H3. The van der Waals surface area contributed by atoms with Crippen molar-refractivity contribution in [1.82, 2.24) is 4.90 Å². The summed E-state index contributed by atoms with van der Waals surface area (Å²) < 4.78 is 0. The van der Waals surface area contributed by atoms with E-state index in [9.17, 15) is 20.2 Å². The summed E-state index contributed by atoms with van der Waals surface area (Å²) in [5, 5.41) is 22.4. The minimum Gasteiger partial charge on any atom is -0.365 e. The van der Waals surface area contributed by atoms with Crippen LogP contribution < -0.4 is 4.90 Å². The van der Waals surface area contributed by atoms with Crippen LogP contribution in [0, 0.1) is 20.2 Å². The van der Waals surface area contributed by atoms with E-state index in [2.05, 4.69) is 24.0 Å². The third kappa shape index (κ3) is 4.40. The van der Waals surface area contributed by atoms with Crippen LogP contribution in [0.4, 0.5) is 17.1 Å². The van der Waals surface area contributed by atoms with Gasteiger partial charge in [-0.25, -0.2) is 0 Å². The Morgan fingerprint density at radius 1 is 1.00 bits per heavy atom. The van der Waals surface area contributed by atoms with Crippen molar-refractivity contribution in [2.45, 2.75) is 25.9 Å². The first-order valence-electron chi connectivity index (χ1n) is 8.91. The zero-order chi connectivity index (χ0) is 19.4. The molecule has 0 spiro atoms. The highest BCUT2D eigenvalue weighted by Crippen LogP contribution is 2.33. The van der Waals surface area contributed by atoms with Gasteiger partial charge in [-0.1, -0.05) is 30.3 Å². The summed E-state index contributed by atoms with van der Waals surface area (Å²) in [4.78, 5) is 25.6. The zero-order valence-electron chi connectivity index (χ0n) is 15.2. The maximum Gasteiger partial charge on any atom is 0.299 e. The van der Waals surface area contributed by atoms with Crippen molar-refractivity contribution in [3.63, 3.8) is 0 Å². The van der Waals surface area contributed by atoms with Crippen LogP contribution in [0.15, 0.2) is 48.5 Å². The average Bonchev–Trinajstić information content (AvgIpc) is 2.84. The molecule has 0 N–H and O–H groups in total. The van der Waals surface area contributed by atoms with E-state index in [0.29, 0.717) is 24.8 Å². The van der Waals surface area contributed by atoms with Gasteiger partial charge in [0.25, 0.3) is 11.4 Å². The van der Waals surface area contributed by atoms with Crippen LogP contribution in [0.25, 0.3) is 0 Å². The Bertz CT molecular complexity index is 828. The van der Waals surface area contributed by atoms with E-state index in [4.69, 9.17) is 0 Å². The lowest BCUT2D eigenvalue weighted by atomic mass is 10.1. The smallest absolute Gasteiger partial charge is 0.299 e. The van der Waals surface area contributed by atoms with Gasteiger partial charge in [-0.3, -0.25) is 25.1 Å². The van der Waals surface area contributed by atoms with Crippen LogP contribution in [0.3, 0.4) is 0 Å².